The van der Waals surface area contributed by atoms with Crippen LogP contribution in [0.4, 0.5) is 5.82 Å². The number of benzene rings is 3. The molecule has 0 unspecified atom stereocenters. The van der Waals surface area contributed by atoms with Gasteiger partial charge in [-0.05, 0) is 42.3 Å². The standard InChI is InChI=1S/C24H19Cl2N3O/c1-16-14-23(28-29(16)15-20-21(25)8-5-9-22(20)26)27-24(30)19-12-10-18(11-13-19)17-6-3-2-4-7-17/h2-14H,15H2,1H3,(H,27,28,30). The Morgan fingerprint density at radius 2 is 1.53 bits per heavy atom. The molecule has 30 heavy (non-hydrogen) atoms. The molecule has 0 aliphatic heterocycles. The zero-order chi connectivity index (χ0) is 21.1. The summed E-state index contributed by atoms with van der Waals surface area (Å²) < 4.78 is 1.77. The lowest BCUT2D eigenvalue weighted by atomic mass is 10.0. The van der Waals surface area contributed by atoms with Crippen molar-refractivity contribution in [1.82, 2.24) is 9.78 Å². The van der Waals surface area contributed by atoms with Crippen molar-refractivity contribution in [2.45, 2.75) is 13.5 Å². The lowest BCUT2D eigenvalue weighted by Crippen LogP contribution is -2.13. The van der Waals surface area contributed by atoms with Crippen molar-refractivity contribution in [2.24, 2.45) is 0 Å². The summed E-state index contributed by atoms with van der Waals surface area (Å²) >= 11 is 12.5. The first-order valence-corrected chi connectivity index (χ1v) is 10.2. The molecule has 0 saturated heterocycles. The number of hydrogen-bond donors (Lipinski definition) is 1. The van der Waals surface area contributed by atoms with Gasteiger partial charge < -0.3 is 5.32 Å². The fraction of sp³-hybridized carbons (Fsp3) is 0.0833. The molecule has 0 saturated carbocycles. The molecule has 1 N–H and O–H groups in total. The first-order valence-electron chi connectivity index (χ1n) is 9.45. The molecule has 6 heteroatoms. The van der Waals surface area contributed by atoms with Crippen molar-refractivity contribution in [3.05, 3.63) is 106 Å². The fourth-order valence-electron chi connectivity index (χ4n) is 3.20. The number of nitrogens with zero attached hydrogens (tertiary/aromatic N) is 2. The summed E-state index contributed by atoms with van der Waals surface area (Å²) in [5.41, 5.74) is 4.42. The van der Waals surface area contributed by atoms with Crippen LogP contribution >= 0.6 is 23.2 Å². The summed E-state index contributed by atoms with van der Waals surface area (Å²) in [6.45, 7) is 2.34. The number of nitrogens with one attached hydrogen (secondary N) is 1. The van der Waals surface area contributed by atoms with E-state index < -0.39 is 0 Å². The third-order valence-electron chi connectivity index (χ3n) is 4.85. The average molecular weight is 436 g/mol. The van der Waals surface area contributed by atoms with Crippen molar-refractivity contribution in [3.63, 3.8) is 0 Å². The van der Waals surface area contributed by atoms with E-state index in [1.165, 1.54) is 0 Å². The van der Waals surface area contributed by atoms with Crippen LogP contribution in [-0.2, 0) is 6.54 Å². The second kappa shape index (κ2) is 8.74. The molecule has 0 aliphatic rings. The summed E-state index contributed by atoms with van der Waals surface area (Å²) in [6.07, 6.45) is 0. The van der Waals surface area contributed by atoms with E-state index in [1.54, 1.807) is 22.9 Å². The van der Waals surface area contributed by atoms with E-state index in [2.05, 4.69) is 10.4 Å². The quantitative estimate of drug-likeness (QED) is 0.390. The van der Waals surface area contributed by atoms with E-state index in [1.807, 2.05) is 67.6 Å². The second-order valence-corrected chi connectivity index (χ2v) is 7.74. The van der Waals surface area contributed by atoms with Crippen LogP contribution in [0.25, 0.3) is 11.1 Å². The Bertz CT molecular complexity index is 1160. The summed E-state index contributed by atoms with van der Waals surface area (Å²) in [5, 5.41) is 8.51. The van der Waals surface area contributed by atoms with E-state index in [4.69, 9.17) is 23.2 Å². The molecular formula is C24H19Cl2N3O. The van der Waals surface area contributed by atoms with Crippen molar-refractivity contribution < 1.29 is 4.79 Å². The summed E-state index contributed by atoms with van der Waals surface area (Å²) in [7, 11) is 0. The van der Waals surface area contributed by atoms with Crippen LogP contribution < -0.4 is 5.32 Å². The smallest absolute Gasteiger partial charge is 0.256 e. The molecular weight excluding hydrogens is 417 g/mol. The lowest BCUT2D eigenvalue weighted by Gasteiger charge is -2.08. The Hall–Kier alpha value is -3.08. The minimum atomic E-state index is -0.213. The Kier molecular flexibility index (Phi) is 5.88. The van der Waals surface area contributed by atoms with Gasteiger partial charge in [-0.3, -0.25) is 9.48 Å². The van der Waals surface area contributed by atoms with Gasteiger partial charge in [0.05, 0.1) is 6.54 Å². The predicted molar refractivity (Wildman–Crippen MR) is 122 cm³/mol. The van der Waals surface area contributed by atoms with Crippen molar-refractivity contribution >= 4 is 34.9 Å². The minimum absolute atomic E-state index is 0.213. The SMILES string of the molecule is Cc1cc(NC(=O)c2ccc(-c3ccccc3)cc2)nn1Cc1c(Cl)cccc1Cl. The van der Waals surface area contributed by atoms with Gasteiger partial charge in [0, 0.05) is 32.9 Å². The second-order valence-electron chi connectivity index (χ2n) is 6.93. The Labute approximate surface area is 185 Å². The molecule has 1 aromatic heterocycles. The highest BCUT2D eigenvalue weighted by Gasteiger charge is 2.13. The van der Waals surface area contributed by atoms with Crippen LogP contribution in [0.15, 0.2) is 78.9 Å². The van der Waals surface area contributed by atoms with Crippen molar-refractivity contribution in [3.8, 4) is 11.1 Å². The first kappa shape index (κ1) is 20.2. The zero-order valence-corrected chi connectivity index (χ0v) is 17.8. The van der Waals surface area contributed by atoms with Crippen LogP contribution in [-0.4, -0.2) is 15.7 Å². The van der Waals surface area contributed by atoms with Gasteiger partial charge in [0.15, 0.2) is 5.82 Å². The molecule has 4 rings (SSSR count). The van der Waals surface area contributed by atoms with Crippen molar-refractivity contribution in [1.29, 1.82) is 0 Å². The number of aryl methyl sites for hydroxylation is 1. The number of amides is 1. The van der Waals surface area contributed by atoms with E-state index in [-0.39, 0.29) is 5.91 Å². The highest BCUT2D eigenvalue weighted by atomic mass is 35.5. The Balaban J connectivity index is 1.48. The molecule has 0 fully saturated rings. The monoisotopic (exact) mass is 435 g/mol. The average Bonchev–Trinajstić information content (AvgIpc) is 3.10. The van der Waals surface area contributed by atoms with Crippen LogP contribution in [0.3, 0.4) is 0 Å². The molecule has 1 heterocycles. The van der Waals surface area contributed by atoms with Crippen LogP contribution in [0.5, 0.6) is 0 Å². The van der Waals surface area contributed by atoms with Crippen LogP contribution in [0.1, 0.15) is 21.6 Å². The third-order valence-corrected chi connectivity index (χ3v) is 5.55. The van der Waals surface area contributed by atoms with Gasteiger partial charge >= 0.3 is 0 Å². The van der Waals surface area contributed by atoms with E-state index in [0.29, 0.717) is 28.0 Å². The molecule has 0 aliphatic carbocycles. The maximum atomic E-state index is 12.6. The maximum Gasteiger partial charge on any atom is 0.256 e. The highest BCUT2D eigenvalue weighted by Crippen LogP contribution is 2.26. The number of aromatic nitrogens is 2. The number of halogens is 2. The zero-order valence-electron chi connectivity index (χ0n) is 16.3. The summed E-state index contributed by atoms with van der Waals surface area (Å²) in [6, 6.07) is 24.7. The van der Waals surface area contributed by atoms with Crippen LogP contribution in [0.2, 0.25) is 10.0 Å². The third kappa shape index (κ3) is 4.40. The van der Waals surface area contributed by atoms with Gasteiger partial charge in [-0.15, -0.1) is 0 Å². The maximum absolute atomic E-state index is 12.6. The largest absolute Gasteiger partial charge is 0.305 e. The minimum Gasteiger partial charge on any atom is -0.305 e. The molecule has 3 aromatic carbocycles. The molecule has 0 radical (unpaired) electrons. The molecule has 4 nitrogen and oxygen atoms in total. The fourth-order valence-corrected chi connectivity index (χ4v) is 3.71. The normalized spacial score (nSPS) is 10.8. The molecule has 150 valence electrons. The topological polar surface area (TPSA) is 46.9 Å². The number of hydrogen-bond acceptors (Lipinski definition) is 2. The van der Waals surface area contributed by atoms with E-state index in [9.17, 15) is 4.79 Å². The summed E-state index contributed by atoms with van der Waals surface area (Å²) in [4.78, 5) is 12.6. The predicted octanol–water partition coefficient (Wildman–Crippen LogP) is 6.47. The number of rotatable bonds is 5. The number of carbonyl (C=O) groups is 1. The van der Waals surface area contributed by atoms with E-state index >= 15 is 0 Å². The van der Waals surface area contributed by atoms with E-state index in [0.717, 1.165) is 22.4 Å². The van der Waals surface area contributed by atoms with Gasteiger partial charge in [0.25, 0.3) is 5.91 Å². The Morgan fingerprint density at radius 1 is 0.900 bits per heavy atom. The van der Waals surface area contributed by atoms with Gasteiger partial charge in [0.2, 0.25) is 0 Å². The molecule has 0 bridgehead atoms. The number of carbonyl (C=O) groups excluding carboxylic acids is 1. The molecule has 1 amide bonds. The highest BCUT2D eigenvalue weighted by molar-refractivity contribution is 6.36. The Morgan fingerprint density at radius 3 is 2.20 bits per heavy atom. The lowest BCUT2D eigenvalue weighted by molar-refractivity contribution is 0.102. The first-order chi connectivity index (χ1) is 14.5. The van der Waals surface area contributed by atoms with Gasteiger partial charge in [0.1, 0.15) is 0 Å². The molecule has 0 atom stereocenters. The van der Waals surface area contributed by atoms with Crippen molar-refractivity contribution in [2.75, 3.05) is 5.32 Å². The van der Waals surface area contributed by atoms with Gasteiger partial charge in [-0.1, -0.05) is 71.7 Å². The summed E-state index contributed by atoms with van der Waals surface area (Å²) in [5.74, 6) is 0.267. The van der Waals surface area contributed by atoms with Gasteiger partial charge in [-0.2, -0.15) is 5.10 Å². The van der Waals surface area contributed by atoms with Crippen LogP contribution in [0, 0.1) is 6.92 Å². The van der Waals surface area contributed by atoms with Gasteiger partial charge in [-0.25, -0.2) is 0 Å². The molecule has 0 spiro atoms. The number of anilines is 1. The molecule has 4 aromatic rings.